The second-order valence-electron chi connectivity index (χ2n) is 7.13. The molecule has 132 valence electrons. The van der Waals surface area contributed by atoms with Crippen LogP contribution >= 0.6 is 0 Å². The summed E-state index contributed by atoms with van der Waals surface area (Å²) in [4.78, 5) is 17.0. The predicted molar refractivity (Wildman–Crippen MR) is 94.8 cm³/mol. The van der Waals surface area contributed by atoms with Gasteiger partial charge in [0.25, 0.3) is 11.6 Å². The Bertz CT molecular complexity index is 790. The number of nitrogens with zero attached hydrogens (tertiary/aromatic N) is 2. The molecule has 1 saturated carbocycles. The first-order chi connectivity index (χ1) is 12.2. The van der Waals surface area contributed by atoms with E-state index in [0.717, 1.165) is 24.1 Å². The van der Waals surface area contributed by atoms with Crippen LogP contribution in [0.25, 0.3) is 0 Å². The van der Waals surface area contributed by atoms with E-state index >= 15 is 0 Å². The van der Waals surface area contributed by atoms with Crippen molar-refractivity contribution in [2.24, 2.45) is 7.05 Å². The molecule has 2 aromatic rings. The molecular formula is C20H24N2O3. The zero-order chi connectivity index (χ0) is 17.3. The van der Waals surface area contributed by atoms with Crippen molar-refractivity contribution < 1.29 is 9.47 Å². The van der Waals surface area contributed by atoms with Gasteiger partial charge in [-0.25, -0.2) is 4.98 Å². The summed E-state index contributed by atoms with van der Waals surface area (Å²) in [5.41, 5.74) is 1.44. The number of ether oxygens (including phenoxy) is 2. The van der Waals surface area contributed by atoms with Crippen LogP contribution in [0.4, 0.5) is 0 Å². The van der Waals surface area contributed by atoms with E-state index in [1.165, 1.54) is 23.8 Å². The molecule has 1 aromatic carbocycles. The third kappa shape index (κ3) is 3.47. The summed E-state index contributed by atoms with van der Waals surface area (Å²) in [7, 11) is 1.72. The van der Waals surface area contributed by atoms with Crippen molar-refractivity contribution in [3.63, 3.8) is 0 Å². The van der Waals surface area contributed by atoms with E-state index in [4.69, 9.17) is 9.47 Å². The van der Waals surface area contributed by atoms with Gasteiger partial charge in [-0.1, -0.05) is 36.8 Å². The van der Waals surface area contributed by atoms with E-state index in [2.05, 4.69) is 17.1 Å². The molecule has 5 heteroatoms. The Morgan fingerprint density at radius 3 is 2.64 bits per heavy atom. The molecule has 4 rings (SSSR count). The number of hydrogen-bond acceptors (Lipinski definition) is 4. The summed E-state index contributed by atoms with van der Waals surface area (Å²) in [5.74, 6) is 0. The zero-order valence-corrected chi connectivity index (χ0v) is 14.6. The second-order valence-corrected chi connectivity index (χ2v) is 7.13. The van der Waals surface area contributed by atoms with Crippen molar-refractivity contribution in [3.05, 3.63) is 58.0 Å². The Balaban J connectivity index is 1.57. The predicted octanol–water partition coefficient (Wildman–Crippen LogP) is 2.96. The van der Waals surface area contributed by atoms with E-state index < -0.39 is 0 Å². The topological polar surface area (TPSA) is 56.6 Å². The average Bonchev–Trinajstić information content (AvgIpc) is 3.42. The lowest BCUT2D eigenvalue weighted by molar-refractivity contribution is 0.134. The molecule has 1 aliphatic carbocycles. The molecule has 1 aromatic heterocycles. The Morgan fingerprint density at radius 1 is 1.24 bits per heavy atom. The third-order valence-electron chi connectivity index (χ3n) is 5.23. The number of epoxide rings is 1. The molecule has 0 spiro atoms. The van der Waals surface area contributed by atoms with Crippen molar-refractivity contribution in [2.75, 3.05) is 6.61 Å². The van der Waals surface area contributed by atoms with Crippen LogP contribution in [0.3, 0.4) is 0 Å². The summed E-state index contributed by atoms with van der Waals surface area (Å²) < 4.78 is 13.3. The maximum absolute atomic E-state index is 12.3. The summed E-state index contributed by atoms with van der Waals surface area (Å²) in [6.07, 6.45) is 6.47. The highest BCUT2D eigenvalue weighted by Gasteiger charge is 2.46. The minimum absolute atomic E-state index is 0.0836. The van der Waals surface area contributed by atoms with E-state index in [9.17, 15) is 4.79 Å². The van der Waals surface area contributed by atoms with Crippen molar-refractivity contribution in [2.45, 2.75) is 50.2 Å². The first kappa shape index (κ1) is 16.3. The molecule has 1 aliphatic heterocycles. The van der Waals surface area contributed by atoms with Crippen LogP contribution in [0.1, 0.15) is 43.4 Å². The van der Waals surface area contributed by atoms with Crippen LogP contribution in [-0.2, 0) is 23.8 Å². The fourth-order valence-electron chi connectivity index (χ4n) is 3.58. The third-order valence-corrected chi connectivity index (χ3v) is 5.23. The molecular weight excluding hydrogens is 316 g/mol. The van der Waals surface area contributed by atoms with Crippen LogP contribution in [0.2, 0.25) is 0 Å². The maximum Gasteiger partial charge on any atom is 0.299 e. The first-order valence-corrected chi connectivity index (χ1v) is 9.09. The highest BCUT2D eigenvalue weighted by atomic mass is 16.6. The normalized spacial score (nSPS) is 23.4. The molecule has 25 heavy (non-hydrogen) atoms. The summed E-state index contributed by atoms with van der Waals surface area (Å²) in [6.45, 7) is 0.659. The highest BCUT2D eigenvalue weighted by molar-refractivity contribution is 5.29. The largest absolute Gasteiger partial charge is 0.461 e. The monoisotopic (exact) mass is 340 g/mol. The van der Waals surface area contributed by atoms with Crippen molar-refractivity contribution in [1.82, 2.24) is 9.55 Å². The van der Waals surface area contributed by atoms with Gasteiger partial charge < -0.3 is 9.47 Å². The number of hydrogen-bond donors (Lipinski definition) is 0. The molecule has 1 atom stereocenters. The number of benzene rings is 1. The van der Waals surface area contributed by atoms with Gasteiger partial charge in [0.05, 0.1) is 12.3 Å². The Kier molecular flexibility index (Phi) is 4.34. The zero-order valence-electron chi connectivity index (χ0n) is 14.6. The van der Waals surface area contributed by atoms with Gasteiger partial charge in [-0.15, -0.1) is 0 Å². The fraction of sp³-hybridized carbons (Fsp3) is 0.500. The lowest BCUT2D eigenvalue weighted by Crippen LogP contribution is -2.27. The SMILES string of the molecule is Cn1c(OC2CCCCC2)nc(CC2(c3ccccc3)CO2)cc1=O. The summed E-state index contributed by atoms with van der Waals surface area (Å²) in [6, 6.07) is 12.2. The standard InChI is InChI=1S/C20H24N2O3/c1-22-18(23)12-16(21-19(22)25-17-10-6-3-7-11-17)13-20(14-24-20)15-8-4-2-5-9-15/h2,4-5,8-9,12,17H,3,6-7,10-11,13-14H2,1H3. The molecule has 2 heterocycles. The molecule has 0 amide bonds. The van der Waals surface area contributed by atoms with Crippen LogP contribution in [-0.4, -0.2) is 22.3 Å². The minimum atomic E-state index is -0.345. The number of aromatic nitrogens is 2. The Labute approximate surface area is 147 Å². The Hall–Kier alpha value is -2.14. The average molecular weight is 340 g/mol. The number of rotatable bonds is 5. The fourth-order valence-corrected chi connectivity index (χ4v) is 3.58. The van der Waals surface area contributed by atoms with E-state index in [0.29, 0.717) is 19.0 Å². The molecule has 1 saturated heterocycles. The van der Waals surface area contributed by atoms with Gasteiger partial charge in [0.2, 0.25) is 0 Å². The maximum atomic E-state index is 12.3. The quantitative estimate of drug-likeness (QED) is 0.785. The van der Waals surface area contributed by atoms with Gasteiger partial charge in [0.15, 0.2) is 0 Å². The van der Waals surface area contributed by atoms with Crippen molar-refractivity contribution in [3.8, 4) is 6.01 Å². The second kappa shape index (κ2) is 6.64. The first-order valence-electron chi connectivity index (χ1n) is 9.09. The van der Waals surface area contributed by atoms with Gasteiger partial charge in [-0.3, -0.25) is 9.36 Å². The van der Waals surface area contributed by atoms with E-state index in [-0.39, 0.29) is 17.3 Å². The van der Waals surface area contributed by atoms with Gasteiger partial charge >= 0.3 is 0 Å². The van der Waals surface area contributed by atoms with Crippen LogP contribution in [0.15, 0.2) is 41.2 Å². The van der Waals surface area contributed by atoms with Crippen molar-refractivity contribution in [1.29, 1.82) is 0 Å². The lowest BCUT2D eigenvalue weighted by atomic mass is 9.95. The van der Waals surface area contributed by atoms with Crippen LogP contribution in [0.5, 0.6) is 6.01 Å². The molecule has 0 radical (unpaired) electrons. The van der Waals surface area contributed by atoms with E-state index in [1.54, 1.807) is 13.1 Å². The van der Waals surface area contributed by atoms with Crippen molar-refractivity contribution >= 4 is 0 Å². The molecule has 0 bridgehead atoms. The minimum Gasteiger partial charge on any atom is -0.461 e. The molecule has 1 unspecified atom stereocenters. The summed E-state index contributed by atoms with van der Waals surface area (Å²) in [5, 5.41) is 0. The smallest absolute Gasteiger partial charge is 0.299 e. The molecule has 2 fully saturated rings. The lowest BCUT2D eigenvalue weighted by Gasteiger charge is -2.23. The van der Waals surface area contributed by atoms with Crippen LogP contribution in [0, 0.1) is 0 Å². The van der Waals surface area contributed by atoms with Gasteiger partial charge in [0, 0.05) is 19.5 Å². The molecule has 5 nitrogen and oxygen atoms in total. The molecule has 0 N–H and O–H groups in total. The highest BCUT2D eigenvalue weighted by Crippen LogP contribution is 2.41. The van der Waals surface area contributed by atoms with Gasteiger partial charge in [-0.2, -0.15) is 0 Å². The van der Waals surface area contributed by atoms with Gasteiger partial charge in [-0.05, 0) is 31.2 Å². The van der Waals surface area contributed by atoms with Gasteiger partial charge in [0.1, 0.15) is 11.7 Å². The molecule has 2 aliphatic rings. The van der Waals surface area contributed by atoms with Crippen LogP contribution < -0.4 is 10.3 Å². The van der Waals surface area contributed by atoms with E-state index in [1.807, 2.05) is 18.2 Å². The summed E-state index contributed by atoms with van der Waals surface area (Å²) >= 11 is 0. The Morgan fingerprint density at radius 2 is 1.96 bits per heavy atom.